The normalized spacial score (nSPS) is 11.1. The lowest BCUT2D eigenvalue weighted by atomic mass is 10.1. The van der Waals surface area contributed by atoms with Crippen molar-refractivity contribution in [1.29, 1.82) is 0 Å². The largest absolute Gasteiger partial charge is 0.340 e. The van der Waals surface area contributed by atoms with Gasteiger partial charge in [-0.2, -0.15) is 0 Å². The first-order valence-electron chi connectivity index (χ1n) is 9.29. The monoisotopic (exact) mass is 373 g/mol. The van der Waals surface area contributed by atoms with Gasteiger partial charge in [-0.05, 0) is 55.2 Å². The highest BCUT2D eigenvalue weighted by Crippen LogP contribution is 2.31. The third kappa shape index (κ3) is 4.01. The fraction of sp³-hybridized carbons (Fsp3) is 0.217. The summed E-state index contributed by atoms with van der Waals surface area (Å²) in [5, 5.41) is 4.65. The quantitative estimate of drug-likeness (QED) is 0.452. The van der Waals surface area contributed by atoms with Crippen molar-refractivity contribution in [1.82, 2.24) is 9.97 Å². The Morgan fingerprint density at radius 3 is 2.37 bits per heavy atom. The fourth-order valence-electron chi connectivity index (χ4n) is 3.33. The summed E-state index contributed by atoms with van der Waals surface area (Å²) in [6.07, 6.45) is 1.75. The molecule has 0 amide bonds. The van der Waals surface area contributed by atoms with E-state index in [-0.39, 0.29) is 0 Å². The number of benzene rings is 2. The van der Waals surface area contributed by atoms with E-state index in [0.717, 1.165) is 40.4 Å². The van der Waals surface area contributed by atoms with E-state index in [4.69, 9.17) is 9.97 Å². The van der Waals surface area contributed by atoms with Crippen LogP contribution in [0.3, 0.4) is 0 Å². The van der Waals surface area contributed by atoms with Crippen LogP contribution in [0.15, 0.2) is 54.6 Å². The molecule has 0 aliphatic rings. The van der Waals surface area contributed by atoms with E-state index in [2.05, 4.69) is 74.6 Å². The van der Waals surface area contributed by atoms with Crippen LogP contribution in [0.1, 0.15) is 34.3 Å². The molecule has 3 nitrogen and oxygen atoms in total. The molecule has 2 heterocycles. The molecule has 27 heavy (non-hydrogen) atoms. The maximum Gasteiger partial charge on any atom is 0.142 e. The van der Waals surface area contributed by atoms with Gasteiger partial charge in [-0.25, -0.2) is 9.97 Å². The summed E-state index contributed by atoms with van der Waals surface area (Å²) in [4.78, 5) is 12.1. The molecule has 0 radical (unpaired) electrons. The number of aromatic nitrogens is 2. The molecular formula is C23H23N3S. The minimum absolute atomic E-state index is 0.734. The van der Waals surface area contributed by atoms with Gasteiger partial charge in [0.15, 0.2) is 0 Å². The highest BCUT2D eigenvalue weighted by molar-refractivity contribution is 7.18. The van der Waals surface area contributed by atoms with Gasteiger partial charge in [0.05, 0.1) is 5.39 Å². The third-order valence-corrected chi connectivity index (χ3v) is 5.70. The Labute approximate surface area is 164 Å². The van der Waals surface area contributed by atoms with E-state index in [1.165, 1.54) is 21.6 Å². The van der Waals surface area contributed by atoms with Gasteiger partial charge in [-0.3, -0.25) is 0 Å². The predicted octanol–water partition coefficient (Wildman–Crippen LogP) is 6.20. The number of fused-ring (bicyclic) bond motifs is 1. The van der Waals surface area contributed by atoms with Gasteiger partial charge >= 0.3 is 0 Å². The van der Waals surface area contributed by atoms with Crippen LogP contribution in [0.25, 0.3) is 10.2 Å². The van der Waals surface area contributed by atoms with Crippen molar-refractivity contribution >= 4 is 33.1 Å². The number of thiophene rings is 1. The van der Waals surface area contributed by atoms with Crippen LogP contribution in [0, 0.1) is 13.8 Å². The van der Waals surface area contributed by atoms with Crippen molar-refractivity contribution in [2.45, 2.75) is 33.6 Å². The lowest BCUT2D eigenvalue weighted by Crippen LogP contribution is -2.02. The van der Waals surface area contributed by atoms with E-state index in [1.807, 2.05) is 6.07 Å². The highest BCUT2D eigenvalue weighted by Gasteiger charge is 2.12. The Bertz CT molecular complexity index is 1060. The molecule has 0 saturated heterocycles. The minimum atomic E-state index is 0.734. The molecule has 4 aromatic rings. The van der Waals surface area contributed by atoms with Crippen molar-refractivity contribution < 1.29 is 0 Å². The van der Waals surface area contributed by atoms with Crippen LogP contribution >= 0.6 is 11.3 Å². The van der Waals surface area contributed by atoms with E-state index in [1.54, 1.807) is 11.3 Å². The smallest absolute Gasteiger partial charge is 0.142 e. The number of hydrogen-bond acceptors (Lipinski definition) is 4. The van der Waals surface area contributed by atoms with Gasteiger partial charge in [0.1, 0.15) is 16.5 Å². The molecule has 1 N–H and O–H groups in total. The summed E-state index contributed by atoms with van der Waals surface area (Å²) in [6.45, 7) is 6.42. The zero-order valence-corrected chi connectivity index (χ0v) is 16.7. The zero-order valence-electron chi connectivity index (χ0n) is 15.9. The van der Waals surface area contributed by atoms with Crippen LogP contribution in [-0.2, 0) is 12.8 Å². The Balaban J connectivity index is 1.77. The summed E-state index contributed by atoms with van der Waals surface area (Å²) in [5.74, 6) is 1.75. The second-order valence-corrected chi connectivity index (χ2v) is 8.05. The molecule has 2 aromatic heterocycles. The Morgan fingerprint density at radius 1 is 0.926 bits per heavy atom. The van der Waals surface area contributed by atoms with Gasteiger partial charge in [0.2, 0.25) is 0 Å². The molecule has 0 spiro atoms. The maximum atomic E-state index is 4.88. The van der Waals surface area contributed by atoms with Crippen LogP contribution in [0.2, 0.25) is 0 Å². The van der Waals surface area contributed by atoms with Crippen molar-refractivity contribution in [3.05, 3.63) is 82.0 Å². The molecule has 136 valence electrons. The molecule has 0 unspecified atom stereocenters. The molecule has 0 aliphatic carbocycles. The van der Waals surface area contributed by atoms with Gasteiger partial charge in [-0.1, -0.05) is 43.3 Å². The van der Waals surface area contributed by atoms with Gasteiger partial charge in [0, 0.05) is 17.0 Å². The van der Waals surface area contributed by atoms with Crippen LogP contribution < -0.4 is 5.32 Å². The standard InChI is InChI=1S/C23H23N3S/c1-4-19-14-20-22(24-18-11-15(2)10-16(3)12-18)25-21(26-23(20)27-19)13-17-8-6-5-7-9-17/h5-12,14H,4,13H2,1-3H3,(H,24,25,26). The zero-order chi connectivity index (χ0) is 18.8. The average Bonchev–Trinajstić information content (AvgIpc) is 3.05. The molecule has 0 saturated carbocycles. The number of anilines is 2. The van der Waals surface area contributed by atoms with Crippen molar-refractivity contribution in [3.8, 4) is 0 Å². The molecule has 0 bridgehead atoms. The second-order valence-electron chi connectivity index (χ2n) is 6.94. The topological polar surface area (TPSA) is 37.8 Å². The van der Waals surface area contributed by atoms with Crippen molar-refractivity contribution in [3.63, 3.8) is 0 Å². The Kier molecular flexibility index (Phi) is 4.90. The van der Waals surface area contributed by atoms with Crippen molar-refractivity contribution in [2.75, 3.05) is 5.32 Å². The average molecular weight is 374 g/mol. The number of nitrogens with zero attached hydrogens (tertiary/aromatic N) is 2. The number of hydrogen-bond donors (Lipinski definition) is 1. The summed E-state index contributed by atoms with van der Waals surface area (Å²) < 4.78 is 0. The van der Waals surface area contributed by atoms with Crippen LogP contribution in [0.4, 0.5) is 11.5 Å². The second kappa shape index (κ2) is 7.49. The molecule has 2 aromatic carbocycles. The van der Waals surface area contributed by atoms with E-state index in [9.17, 15) is 0 Å². The molecule has 0 atom stereocenters. The fourth-order valence-corrected chi connectivity index (χ4v) is 4.31. The van der Waals surface area contributed by atoms with Crippen molar-refractivity contribution in [2.24, 2.45) is 0 Å². The molecule has 4 rings (SSSR count). The van der Waals surface area contributed by atoms with E-state index < -0.39 is 0 Å². The third-order valence-electron chi connectivity index (χ3n) is 4.53. The molecule has 0 aliphatic heterocycles. The first-order chi connectivity index (χ1) is 13.1. The number of nitrogens with one attached hydrogen (secondary N) is 1. The van der Waals surface area contributed by atoms with E-state index in [0.29, 0.717) is 0 Å². The summed E-state index contributed by atoms with van der Waals surface area (Å²) >= 11 is 1.76. The number of rotatable bonds is 5. The van der Waals surface area contributed by atoms with Gasteiger partial charge in [-0.15, -0.1) is 11.3 Å². The first kappa shape index (κ1) is 17.7. The Morgan fingerprint density at radius 2 is 1.67 bits per heavy atom. The lowest BCUT2D eigenvalue weighted by molar-refractivity contribution is 0.999. The van der Waals surface area contributed by atoms with E-state index >= 15 is 0 Å². The molecule has 4 heteroatoms. The summed E-state index contributed by atoms with van der Waals surface area (Å²) in [7, 11) is 0. The maximum absolute atomic E-state index is 4.88. The Hall–Kier alpha value is -2.72. The minimum Gasteiger partial charge on any atom is -0.340 e. The summed E-state index contributed by atoms with van der Waals surface area (Å²) in [5.41, 5.74) is 4.78. The highest BCUT2D eigenvalue weighted by atomic mass is 32.1. The first-order valence-corrected chi connectivity index (χ1v) is 10.1. The van der Waals surface area contributed by atoms with Crippen LogP contribution in [-0.4, -0.2) is 9.97 Å². The predicted molar refractivity (Wildman–Crippen MR) is 115 cm³/mol. The SMILES string of the molecule is CCc1cc2c(Nc3cc(C)cc(C)c3)nc(Cc3ccccc3)nc2s1. The van der Waals surface area contributed by atoms with Crippen LogP contribution in [0.5, 0.6) is 0 Å². The lowest BCUT2D eigenvalue weighted by Gasteiger charge is -2.11. The summed E-state index contributed by atoms with van der Waals surface area (Å²) in [6, 6.07) is 19.1. The molecular weight excluding hydrogens is 350 g/mol. The van der Waals surface area contributed by atoms with Gasteiger partial charge < -0.3 is 5.32 Å². The van der Waals surface area contributed by atoms with Gasteiger partial charge in [0.25, 0.3) is 0 Å². The molecule has 0 fully saturated rings. The number of aryl methyl sites for hydroxylation is 3.